The summed E-state index contributed by atoms with van der Waals surface area (Å²) in [6, 6.07) is 6.55. The van der Waals surface area contributed by atoms with E-state index in [2.05, 4.69) is 4.98 Å². The highest BCUT2D eigenvalue weighted by atomic mass is 19.4. The van der Waals surface area contributed by atoms with E-state index in [9.17, 15) is 22.8 Å². The SMILES string of the molecule is Cc1cn(-c2ccc3c(=O)n(CC4(C)Cc5cc(C(F)(F)F)ccc5O4)c(C)cn3c2=O)cn1. The fourth-order valence-corrected chi connectivity index (χ4v) is 4.47. The molecule has 34 heavy (non-hydrogen) atoms. The Morgan fingerprint density at radius 3 is 2.53 bits per heavy atom. The first-order valence-electron chi connectivity index (χ1n) is 10.6. The Morgan fingerprint density at radius 2 is 1.85 bits per heavy atom. The molecule has 0 saturated carbocycles. The monoisotopic (exact) mass is 470 g/mol. The Kier molecular flexibility index (Phi) is 4.75. The highest BCUT2D eigenvalue weighted by Crippen LogP contribution is 2.39. The lowest BCUT2D eigenvalue weighted by atomic mass is 9.97. The fourth-order valence-electron chi connectivity index (χ4n) is 4.47. The van der Waals surface area contributed by atoms with Crippen LogP contribution in [-0.4, -0.2) is 24.1 Å². The van der Waals surface area contributed by atoms with E-state index >= 15 is 0 Å². The Bertz CT molecular complexity index is 1560. The third-order valence-corrected chi connectivity index (χ3v) is 6.09. The molecular formula is C24H21F3N4O3. The Balaban J connectivity index is 1.52. The number of hydrogen-bond donors (Lipinski definition) is 0. The van der Waals surface area contributed by atoms with Crippen molar-refractivity contribution in [3.8, 4) is 11.4 Å². The number of ether oxygens (including phenoxy) is 1. The van der Waals surface area contributed by atoms with Gasteiger partial charge in [0.15, 0.2) is 0 Å². The van der Waals surface area contributed by atoms with Gasteiger partial charge < -0.3 is 13.9 Å². The third-order valence-electron chi connectivity index (χ3n) is 6.09. The molecule has 0 spiro atoms. The van der Waals surface area contributed by atoms with Crippen molar-refractivity contribution in [3.63, 3.8) is 0 Å². The summed E-state index contributed by atoms with van der Waals surface area (Å²) in [5.74, 6) is 0.374. The standard InChI is InChI=1S/C24H21F3N4O3/c1-14-10-29(13-28-14)18-5-6-19-22(33)31(15(2)11-30(19)21(18)32)12-23(3)9-16-8-17(24(25,26)27)4-7-20(16)34-23/h4-8,10-11,13H,9,12H2,1-3H3. The zero-order chi connectivity index (χ0) is 24.4. The van der Waals surface area contributed by atoms with Gasteiger partial charge in [-0.1, -0.05) is 0 Å². The average Bonchev–Trinajstić information content (AvgIpc) is 3.33. The van der Waals surface area contributed by atoms with Crippen LogP contribution in [0.5, 0.6) is 5.75 Å². The Hall–Kier alpha value is -3.82. The summed E-state index contributed by atoms with van der Waals surface area (Å²) in [6.45, 7) is 5.38. The molecule has 1 aromatic carbocycles. The molecular weight excluding hydrogens is 449 g/mol. The summed E-state index contributed by atoms with van der Waals surface area (Å²) in [6.07, 6.45) is 0.611. The van der Waals surface area contributed by atoms with Crippen LogP contribution in [0.3, 0.4) is 0 Å². The molecule has 0 bridgehead atoms. The van der Waals surface area contributed by atoms with E-state index in [4.69, 9.17) is 4.74 Å². The van der Waals surface area contributed by atoms with Crippen molar-refractivity contribution in [3.05, 3.63) is 92.3 Å². The second-order valence-corrected chi connectivity index (χ2v) is 8.91. The molecule has 0 amide bonds. The number of alkyl halides is 3. The number of rotatable bonds is 3. The minimum absolute atomic E-state index is 0.112. The van der Waals surface area contributed by atoms with E-state index in [1.807, 2.05) is 6.92 Å². The van der Waals surface area contributed by atoms with Crippen LogP contribution in [0.1, 0.15) is 29.4 Å². The van der Waals surface area contributed by atoms with Crippen molar-refractivity contribution in [1.82, 2.24) is 18.5 Å². The zero-order valence-electron chi connectivity index (χ0n) is 18.7. The Morgan fingerprint density at radius 1 is 1.09 bits per heavy atom. The number of aryl methyl sites for hydroxylation is 2. The van der Waals surface area contributed by atoms with Crippen LogP contribution in [0.15, 0.2) is 58.6 Å². The van der Waals surface area contributed by atoms with Crippen molar-refractivity contribution in [1.29, 1.82) is 0 Å². The number of hydrogen-bond acceptors (Lipinski definition) is 4. The summed E-state index contributed by atoms with van der Waals surface area (Å²) in [4.78, 5) is 30.5. The number of imidazole rings is 1. The molecule has 7 nitrogen and oxygen atoms in total. The van der Waals surface area contributed by atoms with Crippen molar-refractivity contribution in [2.75, 3.05) is 0 Å². The van der Waals surface area contributed by atoms with Crippen LogP contribution in [0.2, 0.25) is 0 Å². The van der Waals surface area contributed by atoms with Gasteiger partial charge in [0.05, 0.1) is 24.1 Å². The van der Waals surface area contributed by atoms with E-state index in [-0.39, 0.29) is 29.6 Å². The fraction of sp³-hybridized carbons (Fsp3) is 0.292. The first-order chi connectivity index (χ1) is 15.9. The predicted molar refractivity (Wildman–Crippen MR) is 119 cm³/mol. The maximum atomic E-state index is 13.3. The molecule has 1 unspecified atom stereocenters. The van der Waals surface area contributed by atoms with E-state index in [0.29, 0.717) is 22.7 Å². The van der Waals surface area contributed by atoms with Crippen molar-refractivity contribution < 1.29 is 17.9 Å². The van der Waals surface area contributed by atoms with Crippen LogP contribution in [-0.2, 0) is 19.1 Å². The molecule has 0 saturated heterocycles. The molecule has 4 aromatic rings. The highest BCUT2D eigenvalue weighted by Gasteiger charge is 2.38. The van der Waals surface area contributed by atoms with Crippen LogP contribution in [0.4, 0.5) is 13.2 Å². The first kappa shape index (κ1) is 22.0. The highest BCUT2D eigenvalue weighted by molar-refractivity contribution is 5.49. The lowest BCUT2D eigenvalue weighted by Crippen LogP contribution is -2.41. The zero-order valence-corrected chi connectivity index (χ0v) is 18.7. The molecule has 0 N–H and O–H groups in total. The molecule has 1 aliphatic heterocycles. The van der Waals surface area contributed by atoms with Crippen molar-refractivity contribution >= 4 is 5.52 Å². The average molecular weight is 470 g/mol. The van der Waals surface area contributed by atoms with Gasteiger partial charge in [0.2, 0.25) is 0 Å². The number of halogens is 3. The molecule has 0 fully saturated rings. The molecule has 10 heteroatoms. The Labute approximate surface area is 191 Å². The summed E-state index contributed by atoms with van der Waals surface area (Å²) >= 11 is 0. The minimum Gasteiger partial charge on any atom is -0.485 e. The molecule has 5 rings (SSSR count). The van der Waals surface area contributed by atoms with Crippen LogP contribution >= 0.6 is 0 Å². The van der Waals surface area contributed by atoms with Gasteiger partial charge >= 0.3 is 6.18 Å². The van der Waals surface area contributed by atoms with E-state index in [0.717, 1.165) is 17.8 Å². The van der Waals surface area contributed by atoms with Crippen molar-refractivity contribution in [2.45, 2.75) is 45.5 Å². The normalized spacial score (nSPS) is 17.7. The maximum absolute atomic E-state index is 13.3. The van der Waals surface area contributed by atoms with Gasteiger partial charge in [-0.05, 0) is 56.7 Å². The number of fused-ring (bicyclic) bond motifs is 2. The molecule has 176 valence electrons. The number of nitrogens with zero attached hydrogens (tertiary/aromatic N) is 4. The van der Waals surface area contributed by atoms with E-state index in [1.165, 1.54) is 21.4 Å². The number of pyridine rings is 1. The van der Waals surface area contributed by atoms with Gasteiger partial charge in [-0.25, -0.2) is 4.98 Å². The topological polar surface area (TPSA) is 70.5 Å². The van der Waals surface area contributed by atoms with Crippen LogP contribution < -0.4 is 15.9 Å². The third kappa shape index (κ3) is 3.59. The molecule has 4 heterocycles. The lowest BCUT2D eigenvalue weighted by molar-refractivity contribution is -0.137. The molecule has 0 aliphatic carbocycles. The summed E-state index contributed by atoms with van der Waals surface area (Å²) in [5, 5.41) is 0. The smallest absolute Gasteiger partial charge is 0.416 e. The molecule has 3 aromatic heterocycles. The van der Waals surface area contributed by atoms with Gasteiger partial charge in [0.25, 0.3) is 11.1 Å². The van der Waals surface area contributed by atoms with Gasteiger partial charge in [0, 0.05) is 24.5 Å². The number of benzene rings is 1. The molecule has 0 radical (unpaired) electrons. The van der Waals surface area contributed by atoms with Gasteiger partial charge in [-0.3, -0.25) is 14.0 Å². The van der Waals surface area contributed by atoms with E-state index in [1.54, 1.807) is 42.9 Å². The lowest BCUT2D eigenvalue weighted by Gasteiger charge is -2.26. The second-order valence-electron chi connectivity index (χ2n) is 8.91. The quantitative estimate of drug-likeness (QED) is 0.458. The summed E-state index contributed by atoms with van der Waals surface area (Å²) in [5.41, 5.74) is -0.138. The first-order valence-corrected chi connectivity index (χ1v) is 10.6. The van der Waals surface area contributed by atoms with Gasteiger partial charge in [-0.15, -0.1) is 0 Å². The molecule has 1 atom stereocenters. The van der Waals surface area contributed by atoms with Crippen molar-refractivity contribution in [2.24, 2.45) is 0 Å². The van der Waals surface area contributed by atoms with Crippen LogP contribution in [0.25, 0.3) is 11.2 Å². The summed E-state index contributed by atoms with van der Waals surface area (Å²) < 4.78 is 49.7. The van der Waals surface area contributed by atoms with Gasteiger partial charge in [0.1, 0.15) is 22.6 Å². The minimum atomic E-state index is -4.44. The second kappa shape index (κ2) is 7.34. The van der Waals surface area contributed by atoms with E-state index < -0.39 is 17.3 Å². The molecule has 1 aliphatic rings. The largest absolute Gasteiger partial charge is 0.485 e. The van der Waals surface area contributed by atoms with Gasteiger partial charge in [-0.2, -0.15) is 13.2 Å². The number of aromatic nitrogens is 4. The van der Waals surface area contributed by atoms with Crippen LogP contribution in [0, 0.1) is 13.8 Å². The maximum Gasteiger partial charge on any atom is 0.416 e. The predicted octanol–water partition coefficient (Wildman–Crippen LogP) is 3.68. The summed E-state index contributed by atoms with van der Waals surface area (Å²) in [7, 11) is 0.